The molecule has 21 heavy (non-hydrogen) atoms. The first-order valence-electron chi connectivity index (χ1n) is 6.39. The number of rotatable bonds is 6. The van der Waals surface area contributed by atoms with E-state index in [1.165, 1.54) is 17.8 Å². The standard InChI is InChI=1S/C13H17N3O3S.ClH/c1-20-9-4-5-12(16(18)19)10(6-9)13(17)15-7-11(14)8-2-3-8;/h4-6,8,11H,2-3,7,14H2,1H3,(H,15,17);1H. The zero-order valence-electron chi connectivity index (χ0n) is 11.6. The Kier molecular flexibility index (Phi) is 6.44. The van der Waals surface area contributed by atoms with E-state index in [0.717, 1.165) is 17.7 Å². The van der Waals surface area contributed by atoms with Gasteiger partial charge in [0.2, 0.25) is 0 Å². The molecule has 8 heteroatoms. The Bertz CT molecular complexity index is 537. The van der Waals surface area contributed by atoms with Crippen molar-refractivity contribution in [2.24, 2.45) is 11.7 Å². The van der Waals surface area contributed by atoms with Gasteiger partial charge < -0.3 is 11.1 Å². The maximum Gasteiger partial charge on any atom is 0.282 e. The van der Waals surface area contributed by atoms with Gasteiger partial charge in [0.15, 0.2) is 0 Å². The molecule has 1 aromatic carbocycles. The number of benzene rings is 1. The molecule has 0 spiro atoms. The van der Waals surface area contributed by atoms with E-state index in [9.17, 15) is 14.9 Å². The van der Waals surface area contributed by atoms with Gasteiger partial charge in [-0.2, -0.15) is 0 Å². The van der Waals surface area contributed by atoms with Gasteiger partial charge in [0.05, 0.1) is 4.92 Å². The number of nitro groups is 1. The van der Waals surface area contributed by atoms with Crippen LogP contribution in [0.1, 0.15) is 23.2 Å². The molecule has 0 bridgehead atoms. The lowest BCUT2D eigenvalue weighted by atomic mass is 10.1. The van der Waals surface area contributed by atoms with Crippen LogP contribution in [0.2, 0.25) is 0 Å². The van der Waals surface area contributed by atoms with Crippen LogP contribution in [-0.2, 0) is 0 Å². The zero-order valence-corrected chi connectivity index (χ0v) is 13.2. The van der Waals surface area contributed by atoms with Crippen LogP contribution in [0.15, 0.2) is 23.1 Å². The molecular formula is C13H18ClN3O3S. The summed E-state index contributed by atoms with van der Waals surface area (Å²) >= 11 is 1.43. The zero-order chi connectivity index (χ0) is 14.7. The minimum Gasteiger partial charge on any atom is -0.350 e. The molecule has 1 aromatic rings. The molecule has 1 unspecified atom stereocenters. The third-order valence-corrected chi connectivity index (χ3v) is 4.10. The first-order chi connectivity index (χ1) is 9.52. The number of hydrogen-bond acceptors (Lipinski definition) is 5. The predicted molar refractivity (Wildman–Crippen MR) is 85.2 cm³/mol. The summed E-state index contributed by atoms with van der Waals surface area (Å²) in [5.74, 6) is 0.0338. The number of nitro benzene ring substituents is 1. The van der Waals surface area contributed by atoms with E-state index in [1.54, 1.807) is 12.1 Å². The lowest BCUT2D eigenvalue weighted by Crippen LogP contribution is -2.38. The van der Waals surface area contributed by atoms with Crippen molar-refractivity contribution in [3.05, 3.63) is 33.9 Å². The molecular weight excluding hydrogens is 314 g/mol. The fourth-order valence-electron chi connectivity index (χ4n) is 1.98. The Hall–Kier alpha value is -1.31. The number of halogens is 1. The van der Waals surface area contributed by atoms with Crippen LogP contribution in [-0.4, -0.2) is 29.7 Å². The van der Waals surface area contributed by atoms with Crippen molar-refractivity contribution in [1.82, 2.24) is 5.32 Å². The van der Waals surface area contributed by atoms with E-state index in [2.05, 4.69) is 5.32 Å². The SMILES string of the molecule is CSc1ccc([N+](=O)[O-])c(C(=O)NCC(N)C2CC2)c1.Cl. The minimum absolute atomic E-state index is 0. The summed E-state index contributed by atoms with van der Waals surface area (Å²) in [6, 6.07) is 4.47. The second-order valence-electron chi connectivity index (χ2n) is 4.85. The monoisotopic (exact) mass is 331 g/mol. The van der Waals surface area contributed by atoms with Gasteiger partial charge in [0.1, 0.15) is 5.56 Å². The number of carbonyl (C=O) groups is 1. The Balaban J connectivity index is 0.00000220. The van der Waals surface area contributed by atoms with Gasteiger partial charge in [-0.15, -0.1) is 24.2 Å². The Labute approximate surface area is 133 Å². The fraction of sp³-hybridized carbons (Fsp3) is 0.462. The Morgan fingerprint density at radius 3 is 2.76 bits per heavy atom. The molecule has 0 radical (unpaired) electrons. The number of hydrogen-bond donors (Lipinski definition) is 2. The lowest BCUT2D eigenvalue weighted by molar-refractivity contribution is -0.385. The highest BCUT2D eigenvalue weighted by molar-refractivity contribution is 7.98. The highest BCUT2D eigenvalue weighted by Crippen LogP contribution is 2.31. The molecule has 116 valence electrons. The first kappa shape index (κ1) is 17.7. The molecule has 0 heterocycles. The molecule has 0 saturated heterocycles. The summed E-state index contributed by atoms with van der Waals surface area (Å²) in [4.78, 5) is 23.4. The van der Waals surface area contributed by atoms with Gasteiger partial charge in [-0.25, -0.2) is 0 Å². The smallest absolute Gasteiger partial charge is 0.282 e. The molecule has 1 atom stereocenters. The molecule has 3 N–H and O–H groups in total. The molecule has 6 nitrogen and oxygen atoms in total. The van der Waals surface area contributed by atoms with Gasteiger partial charge in [-0.3, -0.25) is 14.9 Å². The molecule has 0 aromatic heterocycles. The van der Waals surface area contributed by atoms with Crippen molar-refractivity contribution in [3.63, 3.8) is 0 Å². The summed E-state index contributed by atoms with van der Waals surface area (Å²) in [6.07, 6.45) is 4.05. The van der Waals surface area contributed by atoms with Crippen molar-refractivity contribution in [2.45, 2.75) is 23.8 Å². The Morgan fingerprint density at radius 1 is 1.57 bits per heavy atom. The number of amides is 1. The molecule has 0 aliphatic heterocycles. The molecule has 1 aliphatic carbocycles. The average molecular weight is 332 g/mol. The largest absolute Gasteiger partial charge is 0.350 e. The van der Waals surface area contributed by atoms with E-state index in [1.807, 2.05) is 6.26 Å². The van der Waals surface area contributed by atoms with Crippen molar-refractivity contribution in [1.29, 1.82) is 0 Å². The average Bonchev–Trinajstić information content (AvgIpc) is 3.28. The van der Waals surface area contributed by atoms with Crippen LogP contribution in [0, 0.1) is 16.0 Å². The number of thioether (sulfide) groups is 1. The molecule has 1 amide bonds. The quantitative estimate of drug-likeness (QED) is 0.473. The van der Waals surface area contributed by atoms with E-state index in [0.29, 0.717) is 12.5 Å². The van der Waals surface area contributed by atoms with Gasteiger partial charge in [0, 0.05) is 23.5 Å². The van der Waals surface area contributed by atoms with E-state index in [4.69, 9.17) is 5.73 Å². The lowest BCUT2D eigenvalue weighted by Gasteiger charge is -2.12. The second kappa shape index (κ2) is 7.63. The maximum atomic E-state index is 12.1. The summed E-state index contributed by atoms with van der Waals surface area (Å²) in [6.45, 7) is 0.351. The van der Waals surface area contributed by atoms with E-state index < -0.39 is 10.8 Å². The minimum atomic E-state index is -0.542. The number of nitrogens with two attached hydrogens (primary N) is 1. The van der Waals surface area contributed by atoms with Gasteiger partial charge in [-0.1, -0.05) is 0 Å². The van der Waals surface area contributed by atoms with E-state index in [-0.39, 0.29) is 29.7 Å². The maximum absolute atomic E-state index is 12.1. The van der Waals surface area contributed by atoms with Gasteiger partial charge >= 0.3 is 0 Å². The fourth-order valence-corrected chi connectivity index (χ4v) is 2.42. The van der Waals surface area contributed by atoms with Crippen LogP contribution in [0.3, 0.4) is 0 Å². The summed E-state index contributed by atoms with van der Waals surface area (Å²) in [5, 5.41) is 13.7. The van der Waals surface area contributed by atoms with Crippen molar-refractivity contribution in [3.8, 4) is 0 Å². The molecule has 1 fully saturated rings. The molecule has 1 aliphatic rings. The van der Waals surface area contributed by atoms with Crippen molar-refractivity contribution >= 4 is 35.8 Å². The molecule has 2 rings (SSSR count). The van der Waals surface area contributed by atoms with Gasteiger partial charge in [0.25, 0.3) is 11.6 Å². The highest BCUT2D eigenvalue weighted by Gasteiger charge is 2.29. The highest BCUT2D eigenvalue weighted by atomic mass is 35.5. The third-order valence-electron chi connectivity index (χ3n) is 3.37. The van der Waals surface area contributed by atoms with Crippen LogP contribution >= 0.6 is 24.2 Å². The first-order valence-corrected chi connectivity index (χ1v) is 7.61. The van der Waals surface area contributed by atoms with Crippen molar-refractivity contribution < 1.29 is 9.72 Å². The summed E-state index contributed by atoms with van der Waals surface area (Å²) in [5.41, 5.74) is 5.81. The summed E-state index contributed by atoms with van der Waals surface area (Å²) < 4.78 is 0. The molecule has 1 saturated carbocycles. The van der Waals surface area contributed by atoms with Crippen molar-refractivity contribution in [2.75, 3.05) is 12.8 Å². The van der Waals surface area contributed by atoms with Crippen LogP contribution < -0.4 is 11.1 Å². The van der Waals surface area contributed by atoms with Crippen LogP contribution in [0.5, 0.6) is 0 Å². The summed E-state index contributed by atoms with van der Waals surface area (Å²) in [7, 11) is 0. The van der Waals surface area contributed by atoms with Crippen LogP contribution in [0.4, 0.5) is 5.69 Å². The van der Waals surface area contributed by atoms with Gasteiger partial charge in [-0.05, 0) is 37.1 Å². The number of nitrogens with one attached hydrogen (secondary N) is 1. The number of nitrogens with zero attached hydrogens (tertiary/aromatic N) is 1. The van der Waals surface area contributed by atoms with E-state index >= 15 is 0 Å². The van der Waals surface area contributed by atoms with Crippen LogP contribution in [0.25, 0.3) is 0 Å². The topological polar surface area (TPSA) is 98.3 Å². The number of carbonyl (C=O) groups excluding carboxylic acids is 1. The predicted octanol–water partition coefficient (Wildman–Crippen LogP) is 2.21. The third kappa shape index (κ3) is 4.59. The second-order valence-corrected chi connectivity index (χ2v) is 5.73. The normalized spacial score (nSPS) is 15.0. The Morgan fingerprint density at radius 2 is 2.24 bits per heavy atom.